The Balaban J connectivity index is 2.62. The van der Waals surface area contributed by atoms with Crippen LogP contribution in [0.2, 0.25) is 0 Å². The molecule has 0 aliphatic rings. The summed E-state index contributed by atoms with van der Waals surface area (Å²) in [7, 11) is 5.37. The minimum Gasteiger partial charge on any atom is -0.383 e. The molecule has 2 heterocycles. The van der Waals surface area contributed by atoms with E-state index in [1.165, 1.54) is 0 Å². The van der Waals surface area contributed by atoms with Crippen molar-refractivity contribution >= 4 is 32.6 Å². The Morgan fingerprint density at radius 2 is 2.17 bits per heavy atom. The number of Topliss-reactive ketones (excluding diaryl/α,β-unsaturated/α-hetero) is 1. The van der Waals surface area contributed by atoms with Gasteiger partial charge in [0.1, 0.15) is 4.60 Å². The zero-order valence-electron chi connectivity index (χ0n) is 14.1. The lowest BCUT2D eigenvalue weighted by Crippen LogP contribution is -2.13. The van der Waals surface area contributed by atoms with Crippen molar-refractivity contribution < 1.29 is 9.53 Å². The van der Waals surface area contributed by atoms with Gasteiger partial charge in [0, 0.05) is 56.2 Å². The number of ketones is 1. The van der Waals surface area contributed by atoms with E-state index in [0.717, 1.165) is 10.9 Å². The van der Waals surface area contributed by atoms with E-state index in [1.807, 2.05) is 31.3 Å². The Morgan fingerprint density at radius 1 is 1.48 bits per heavy atom. The maximum Gasteiger partial charge on any atom is 0.194 e. The van der Waals surface area contributed by atoms with Crippen molar-refractivity contribution in [2.45, 2.75) is 19.9 Å². The Bertz CT molecular complexity index is 748. The first kappa shape index (κ1) is 17.7. The van der Waals surface area contributed by atoms with Crippen LogP contribution >= 0.6 is 15.9 Å². The molecule has 23 heavy (non-hydrogen) atoms. The van der Waals surface area contributed by atoms with E-state index in [4.69, 9.17) is 4.74 Å². The van der Waals surface area contributed by atoms with Crippen LogP contribution in [0.5, 0.6) is 0 Å². The van der Waals surface area contributed by atoms with Crippen molar-refractivity contribution in [1.29, 1.82) is 0 Å². The van der Waals surface area contributed by atoms with Gasteiger partial charge in [0.2, 0.25) is 0 Å². The van der Waals surface area contributed by atoms with Gasteiger partial charge in [-0.2, -0.15) is 0 Å². The molecule has 0 radical (unpaired) electrons. The minimum atomic E-state index is -0.0250. The van der Waals surface area contributed by atoms with E-state index >= 15 is 0 Å². The third-order valence-electron chi connectivity index (χ3n) is 3.49. The van der Waals surface area contributed by atoms with E-state index in [9.17, 15) is 4.79 Å². The predicted octanol–water partition coefficient (Wildman–Crippen LogP) is 3.65. The molecule has 0 atom stereocenters. The fraction of sp³-hybridized carbons (Fsp3) is 0.412. The SMILES string of the molecule is COC/C(=C\N(C)C)C(=O)c1cn(C(C)C)c2cnc(Br)cc12. The number of aromatic nitrogens is 2. The molecule has 0 amide bonds. The first-order valence-electron chi connectivity index (χ1n) is 7.42. The Morgan fingerprint density at radius 3 is 2.74 bits per heavy atom. The molecule has 0 saturated heterocycles. The predicted molar refractivity (Wildman–Crippen MR) is 95.8 cm³/mol. The molecule has 0 N–H and O–H groups in total. The summed E-state index contributed by atoms with van der Waals surface area (Å²) >= 11 is 3.39. The number of hydrogen-bond acceptors (Lipinski definition) is 4. The number of carbonyl (C=O) groups excluding carboxylic acids is 1. The smallest absolute Gasteiger partial charge is 0.194 e. The van der Waals surface area contributed by atoms with E-state index in [-0.39, 0.29) is 18.4 Å². The van der Waals surface area contributed by atoms with E-state index < -0.39 is 0 Å². The topological polar surface area (TPSA) is 47.4 Å². The van der Waals surface area contributed by atoms with E-state index in [2.05, 4.69) is 39.3 Å². The molecule has 0 bridgehead atoms. The number of carbonyl (C=O) groups is 1. The van der Waals surface area contributed by atoms with Crippen LogP contribution in [0.15, 0.2) is 34.8 Å². The van der Waals surface area contributed by atoms with Gasteiger partial charge < -0.3 is 14.2 Å². The lowest BCUT2D eigenvalue weighted by molar-refractivity contribution is 0.100. The molecule has 0 aliphatic carbocycles. The number of rotatable bonds is 6. The highest BCUT2D eigenvalue weighted by Gasteiger charge is 2.20. The minimum absolute atomic E-state index is 0.0250. The molecule has 0 aliphatic heterocycles. The molecule has 124 valence electrons. The van der Waals surface area contributed by atoms with Crippen LogP contribution in [0.4, 0.5) is 0 Å². The number of fused-ring (bicyclic) bond motifs is 1. The van der Waals surface area contributed by atoms with Crippen molar-refractivity contribution in [2.24, 2.45) is 0 Å². The monoisotopic (exact) mass is 379 g/mol. The number of ether oxygens (including phenoxy) is 1. The van der Waals surface area contributed by atoms with Crippen LogP contribution in [0.25, 0.3) is 10.9 Å². The van der Waals surface area contributed by atoms with Crippen molar-refractivity contribution in [2.75, 3.05) is 27.8 Å². The van der Waals surface area contributed by atoms with Gasteiger partial charge in [0.15, 0.2) is 5.78 Å². The summed E-state index contributed by atoms with van der Waals surface area (Å²) in [6.45, 7) is 4.44. The quantitative estimate of drug-likeness (QED) is 0.436. The number of halogens is 1. The van der Waals surface area contributed by atoms with Gasteiger partial charge in [-0.3, -0.25) is 4.79 Å². The standard InChI is InChI=1S/C17H22BrN3O2/c1-11(2)21-9-14(13-6-16(18)19-7-15(13)21)17(22)12(10-23-5)8-20(3)4/h6-9,11H,10H2,1-5H3/b12-8+. The van der Waals surface area contributed by atoms with Crippen LogP contribution in [0.3, 0.4) is 0 Å². The number of pyridine rings is 1. The molecule has 2 aromatic heterocycles. The average Bonchev–Trinajstić information content (AvgIpc) is 2.84. The van der Waals surface area contributed by atoms with Crippen molar-refractivity contribution in [3.8, 4) is 0 Å². The van der Waals surface area contributed by atoms with E-state index in [1.54, 1.807) is 19.5 Å². The van der Waals surface area contributed by atoms with Crippen LogP contribution in [0, 0.1) is 0 Å². The third-order valence-corrected chi connectivity index (χ3v) is 3.93. The van der Waals surface area contributed by atoms with Crippen LogP contribution < -0.4 is 0 Å². The Hall–Kier alpha value is -1.66. The fourth-order valence-electron chi connectivity index (χ4n) is 2.53. The van der Waals surface area contributed by atoms with Gasteiger partial charge in [-0.15, -0.1) is 0 Å². The second-order valence-electron chi connectivity index (χ2n) is 5.95. The fourth-order valence-corrected chi connectivity index (χ4v) is 2.86. The highest BCUT2D eigenvalue weighted by Crippen LogP contribution is 2.28. The second-order valence-corrected chi connectivity index (χ2v) is 6.76. The Labute approximate surface area is 145 Å². The molecular weight excluding hydrogens is 358 g/mol. The summed E-state index contributed by atoms with van der Waals surface area (Å²) in [4.78, 5) is 19.1. The van der Waals surface area contributed by atoms with E-state index in [0.29, 0.717) is 15.7 Å². The van der Waals surface area contributed by atoms with Crippen LogP contribution in [-0.2, 0) is 4.74 Å². The molecule has 2 rings (SSSR count). The van der Waals surface area contributed by atoms with Crippen molar-refractivity contribution in [1.82, 2.24) is 14.5 Å². The lowest BCUT2D eigenvalue weighted by atomic mass is 10.0. The summed E-state index contributed by atoms with van der Waals surface area (Å²) in [5.74, 6) is -0.0250. The molecular formula is C17H22BrN3O2. The normalized spacial score (nSPS) is 12.2. The summed E-state index contributed by atoms with van der Waals surface area (Å²) in [6, 6.07) is 2.13. The maximum atomic E-state index is 13.0. The van der Waals surface area contributed by atoms with Crippen LogP contribution in [0.1, 0.15) is 30.2 Å². The molecule has 0 fully saturated rings. The Kier molecular flexibility index (Phi) is 5.59. The summed E-state index contributed by atoms with van der Waals surface area (Å²) in [5.41, 5.74) is 2.24. The van der Waals surface area contributed by atoms with Crippen molar-refractivity contribution in [3.05, 3.63) is 40.4 Å². The highest BCUT2D eigenvalue weighted by atomic mass is 79.9. The molecule has 0 saturated carbocycles. The van der Waals surface area contributed by atoms with Gasteiger partial charge in [0.05, 0.1) is 18.3 Å². The third kappa shape index (κ3) is 3.82. The van der Waals surface area contributed by atoms with Crippen LogP contribution in [-0.4, -0.2) is 48.0 Å². The largest absolute Gasteiger partial charge is 0.383 e. The molecule has 2 aromatic rings. The molecule has 0 aromatic carbocycles. The van der Waals surface area contributed by atoms with Gasteiger partial charge >= 0.3 is 0 Å². The summed E-state index contributed by atoms with van der Waals surface area (Å²) < 4.78 is 7.98. The zero-order valence-corrected chi connectivity index (χ0v) is 15.7. The summed E-state index contributed by atoms with van der Waals surface area (Å²) in [5, 5.41) is 0.895. The lowest BCUT2D eigenvalue weighted by Gasteiger charge is -2.10. The number of nitrogens with zero attached hydrogens (tertiary/aromatic N) is 3. The first-order valence-corrected chi connectivity index (χ1v) is 8.21. The van der Waals surface area contributed by atoms with Gasteiger partial charge in [-0.1, -0.05) is 0 Å². The average molecular weight is 380 g/mol. The van der Waals surface area contributed by atoms with Gasteiger partial charge in [-0.05, 0) is 35.8 Å². The number of hydrogen-bond donors (Lipinski definition) is 0. The number of methoxy groups -OCH3 is 1. The molecule has 0 unspecified atom stereocenters. The maximum absolute atomic E-state index is 13.0. The molecule has 6 heteroatoms. The molecule has 0 spiro atoms. The van der Waals surface area contributed by atoms with Crippen molar-refractivity contribution in [3.63, 3.8) is 0 Å². The molecule has 5 nitrogen and oxygen atoms in total. The van der Waals surface area contributed by atoms with Gasteiger partial charge in [-0.25, -0.2) is 4.98 Å². The van der Waals surface area contributed by atoms with Gasteiger partial charge in [0.25, 0.3) is 0 Å². The highest BCUT2D eigenvalue weighted by molar-refractivity contribution is 9.10. The zero-order chi connectivity index (χ0) is 17.1. The summed E-state index contributed by atoms with van der Waals surface area (Å²) in [6.07, 6.45) is 5.51. The first-order chi connectivity index (χ1) is 10.8. The second kappa shape index (κ2) is 7.27.